The van der Waals surface area contributed by atoms with Gasteiger partial charge in [-0.1, -0.05) is 0 Å². The van der Waals surface area contributed by atoms with Crippen LogP contribution >= 0.6 is 15.9 Å². The van der Waals surface area contributed by atoms with Gasteiger partial charge in [-0.15, -0.1) is 0 Å². The van der Waals surface area contributed by atoms with Gasteiger partial charge in [0.15, 0.2) is 0 Å². The second-order valence-corrected chi connectivity index (χ2v) is 5.84. The molecule has 78 valence electrons. The highest BCUT2D eigenvalue weighted by Gasteiger charge is 2.20. The van der Waals surface area contributed by atoms with Crippen LogP contribution in [0.4, 0.5) is 4.39 Å². The van der Waals surface area contributed by atoms with Gasteiger partial charge < -0.3 is 0 Å². The summed E-state index contributed by atoms with van der Waals surface area (Å²) in [7, 11) is -0.661. The van der Waals surface area contributed by atoms with Crippen LogP contribution in [0.2, 0.25) is 0 Å². The molecule has 0 aliphatic carbocycles. The van der Waals surface area contributed by atoms with Gasteiger partial charge in [-0.2, -0.15) is 0 Å². The first-order valence-corrected chi connectivity index (χ1v) is 5.96. The molecule has 0 aliphatic heterocycles. The highest BCUT2D eigenvalue weighted by atomic mass is 79.9. The van der Waals surface area contributed by atoms with Crippen LogP contribution in [0.25, 0.3) is 0 Å². The lowest BCUT2D eigenvalue weighted by Gasteiger charge is -2.12. The highest BCUT2D eigenvalue weighted by molar-refractivity contribution is 9.10. The Kier molecular flexibility index (Phi) is 3.28. The molecule has 0 aromatic heterocycles. The van der Waals surface area contributed by atoms with E-state index in [0.717, 1.165) is 16.4 Å². The predicted molar refractivity (Wildman–Crippen MR) is 55.0 cm³/mol. The quantitative estimate of drug-likeness (QED) is 0.830. The van der Waals surface area contributed by atoms with Crippen LogP contribution in [-0.4, -0.2) is 26.8 Å². The minimum Gasteiger partial charge on any atom is -0.207 e. The van der Waals surface area contributed by atoms with Gasteiger partial charge in [0.25, 0.3) is 0 Å². The first kappa shape index (κ1) is 11.6. The third-order valence-corrected chi connectivity index (χ3v) is 4.44. The molecule has 0 saturated carbocycles. The minimum absolute atomic E-state index is 0.0592. The molecule has 0 spiro atoms. The Bertz CT molecular complexity index is 445. The van der Waals surface area contributed by atoms with Gasteiger partial charge in [0.05, 0.1) is 4.90 Å². The largest absolute Gasteiger partial charge is 0.243 e. The fourth-order valence-electron chi connectivity index (χ4n) is 0.881. The molecule has 0 amide bonds. The van der Waals surface area contributed by atoms with Crippen LogP contribution in [0.1, 0.15) is 0 Å². The van der Waals surface area contributed by atoms with E-state index >= 15 is 0 Å². The fourth-order valence-corrected chi connectivity index (χ4v) is 2.78. The Labute approximate surface area is 90.7 Å². The molecule has 14 heavy (non-hydrogen) atoms. The molecule has 1 aromatic carbocycles. The molecule has 1 aromatic rings. The van der Waals surface area contributed by atoms with Crippen molar-refractivity contribution in [2.45, 2.75) is 4.90 Å². The molecule has 0 atom stereocenters. The van der Waals surface area contributed by atoms with E-state index in [1.54, 1.807) is 0 Å². The van der Waals surface area contributed by atoms with Crippen LogP contribution in [0.3, 0.4) is 0 Å². The van der Waals surface area contributed by atoms with Crippen LogP contribution in [0.5, 0.6) is 0 Å². The van der Waals surface area contributed by atoms with E-state index in [4.69, 9.17) is 0 Å². The summed E-state index contributed by atoms with van der Waals surface area (Å²) >= 11 is 3.01. The molecule has 1 rings (SSSR count). The average Bonchev–Trinajstić information content (AvgIpc) is 2.02. The van der Waals surface area contributed by atoms with Crippen molar-refractivity contribution in [2.24, 2.45) is 0 Å². The van der Waals surface area contributed by atoms with Gasteiger partial charge in [-0.05, 0) is 34.1 Å². The summed E-state index contributed by atoms with van der Waals surface area (Å²) in [4.78, 5) is 0.0592. The summed E-state index contributed by atoms with van der Waals surface area (Å²) in [5.41, 5.74) is 0. The fraction of sp³-hybridized carbons (Fsp3) is 0.250. The molecule has 0 fully saturated rings. The van der Waals surface area contributed by atoms with E-state index in [1.165, 1.54) is 20.2 Å². The van der Waals surface area contributed by atoms with Crippen molar-refractivity contribution in [1.29, 1.82) is 0 Å². The van der Waals surface area contributed by atoms with E-state index in [9.17, 15) is 12.8 Å². The van der Waals surface area contributed by atoms with Crippen molar-refractivity contribution in [3.63, 3.8) is 0 Å². The van der Waals surface area contributed by atoms with Gasteiger partial charge in [-0.3, -0.25) is 0 Å². The monoisotopic (exact) mass is 281 g/mol. The number of hydrogen-bond acceptors (Lipinski definition) is 2. The Morgan fingerprint density at radius 1 is 1.36 bits per heavy atom. The zero-order valence-corrected chi connectivity index (χ0v) is 10.1. The van der Waals surface area contributed by atoms with Crippen molar-refractivity contribution in [3.05, 3.63) is 28.5 Å². The van der Waals surface area contributed by atoms with Crippen molar-refractivity contribution < 1.29 is 12.8 Å². The minimum atomic E-state index is -3.50. The van der Waals surface area contributed by atoms with Gasteiger partial charge in [0, 0.05) is 18.6 Å². The van der Waals surface area contributed by atoms with Crippen LogP contribution in [0, 0.1) is 5.82 Å². The third kappa shape index (κ3) is 2.13. The SMILES string of the molecule is CN(C)S(=O)(=O)c1ccc(F)cc1Br. The molecule has 0 radical (unpaired) electrons. The van der Waals surface area contributed by atoms with Crippen LogP contribution in [0.15, 0.2) is 27.6 Å². The summed E-state index contributed by atoms with van der Waals surface area (Å²) < 4.78 is 37.3. The van der Waals surface area contributed by atoms with Crippen LogP contribution in [-0.2, 0) is 10.0 Å². The number of halogens is 2. The lowest BCUT2D eigenvalue weighted by molar-refractivity contribution is 0.520. The molecular formula is C8H9BrFNO2S. The highest BCUT2D eigenvalue weighted by Crippen LogP contribution is 2.24. The van der Waals surface area contributed by atoms with Gasteiger partial charge in [-0.25, -0.2) is 17.1 Å². The van der Waals surface area contributed by atoms with E-state index in [2.05, 4.69) is 15.9 Å². The molecule has 0 aliphatic rings. The van der Waals surface area contributed by atoms with Crippen molar-refractivity contribution >= 4 is 26.0 Å². The van der Waals surface area contributed by atoms with Gasteiger partial charge >= 0.3 is 0 Å². The standard InChI is InChI=1S/C8H9BrFNO2S/c1-11(2)14(12,13)8-4-3-6(10)5-7(8)9/h3-5H,1-2H3. The molecule has 0 heterocycles. The summed E-state index contributed by atoms with van der Waals surface area (Å²) in [6.07, 6.45) is 0. The molecular weight excluding hydrogens is 273 g/mol. The third-order valence-electron chi connectivity index (χ3n) is 1.65. The lowest BCUT2D eigenvalue weighted by Crippen LogP contribution is -2.22. The molecule has 0 unspecified atom stereocenters. The number of sulfonamides is 1. The lowest BCUT2D eigenvalue weighted by atomic mass is 10.3. The maximum Gasteiger partial charge on any atom is 0.243 e. The van der Waals surface area contributed by atoms with Crippen molar-refractivity contribution in [1.82, 2.24) is 4.31 Å². The van der Waals surface area contributed by atoms with E-state index < -0.39 is 15.8 Å². The molecule has 0 N–H and O–H groups in total. The number of nitrogens with zero attached hydrogens (tertiary/aromatic N) is 1. The maximum atomic E-state index is 12.7. The number of benzene rings is 1. The Morgan fingerprint density at radius 3 is 2.36 bits per heavy atom. The molecule has 0 bridgehead atoms. The van der Waals surface area contributed by atoms with Crippen molar-refractivity contribution in [3.8, 4) is 0 Å². The first-order chi connectivity index (χ1) is 6.35. The summed E-state index contributed by atoms with van der Waals surface area (Å²) in [5.74, 6) is -0.477. The number of hydrogen-bond donors (Lipinski definition) is 0. The maximum absolute atomic E-state index is 12.7. The van der Waals surface area contributed by atoms with Gasteiger partial charge in [0.2, 0.25) is 10.0 Å². The summed E-state index contributed by atoms with van der Waals surface area (Å²) in [6, 6.07) is 3.46. The van der Waals surface area contributed by atoms with Gasteiger partial charge in [0.1, 0.15) is 5.82 Å². The average molecular weight is 282 g/mol. The topological polar surface area (TPSA) is 37.4 Å². The second kappa shape index (κ2) is 3.96. The zero-order chi connectivity index (χ0) is 10.9. The first-order valence-electron chi connectivity index (χ1n) is 3.73. The molecule has 6 heteroatoms. The summed E-state index contributed by atoms with van der Waals surface area (Å²) in [5, 5.41) is 0. The van der Waals surface area contributed by atoms with E-state index in [-0.39, 0.29) is 9.37 Å². The molecule has 0 saturated heterocycles. The molecule has 3 nitrogen and oxygen atoms in total. The predicted octanol–water partition coefficient (Wildman–Crippen LogP) is 1.84. The Hall–Kier alpha value is -0.460. The number of rotatable bonds is 2. The smallest absolute Gasteiger partial charge is 0.207 e. The van der Waals surface area contributed by atoms with E-state index in [0.29, 0.717) is 0 Å². The Morgan fingerprint density at radius 2 is 1.93 bits per heavy atom. The Balaban J connectivity index is 3.35. The van der Waals surface area contributed by atoms with E-state index in [1.807, 2.05) is 0 Å². The van der Waals surface area contributed by atoms with Crippen molar-refractivity contribution in [2.75, 3.05) is 14.1 Å². The normalized spacial score (nSPS) is 12.1. The van der Waals surface area contributed by atoms with Crippen LogP contribution < -0.4 is 0 Å². The summed E-state index contributed by atoms with van der Waals surface area (Å²) in [6.45, 7) is 0. The second-order valence-electron chi connectivity index (χ2n) is 2.86. The zero-order valence-electron chi connectivity index (χ0n) is 7.66.